The molecule has 122 valence electrons. The first-order chi connectivity index (χ1) is 10.3. The molecule has 2 heterocycles. The lowest BCUT2D eigenvalue weighted by molar-refractivity contribution is -0.206. The first kappa shape index (κ1) is 15.9. The van der Waals surface area contributed by atoms with Gasteiger partial charge in [-0.3, -0.25) is 4.18 Å². The lowest BCUT2D eigenvalue weighted by Gasteiger charge is -2.20. The van der Waals surface area contributed by atoms with Crippen molar-refractivity contribution in [3.8, 4) is 0 Å². The Balaban J connectivity index is 1.57. The molecule has 0 radical (unpaired) electrons. The minimum absolute atomic E-state index is 0.0453. The monoisotopic (exact) mass is 328 g/mol. The molecule has 0 amide bonds. The number of fused-ring (bicyclic) bond motifs is 1. The van der Waals surface area contributed by atoms with Crippen molar-refractivity contribution >= 4 is 10.1 Å². The van der Waals surface area contributed by atoms with E-state index in [-0.39, 0.29) is 23.7 Å². The molecule has 0 bridgehead atoms. The molecule has 22 heavy (non-hydrogen) atoms. The van der Waals surface area contributed by atoms with Gasteiger partial charge in [0.1, 0.15) is 6.10 Å². The van der Waals surface area contributed by atoms with Crippen molar-refractivity contribution in [1.29, 1.82) is 0 Å². The molecule has 6 nitrogen and oxygen atoms in total. The van der Waals surface area contributed by atoms with Gasteiger partial charge in [-0.05, 0) is 32.9 Å². The smallest absolute Gasteiger partial charge is 0.297 e. The van der Waals surface area contributed by atoms with Gasteiger partial charge in [-0.25, -0.2) is 0 Å². The maximum atomic E-state index is 12.1. The first-order valence-electron chi connectivity index (χ1n) is 7.22. The topological polar surface area (TPSA) is 71.1 Å². The normalized spacial score (nSPS) is 30.4. The summed E-state index contributed by atoms with van der Waals surface area (Å²) in [5.41, 5.74) is 0.989. The third-order valence-corrected chi connectivity index (χ3v) is 4.98. The van der Waals surface area contributed by atoms with Gasteiger partial charge in [-0.15, -0.1) is 0 Å². The quantitative estimate of drug-likeness (QED) is 0.787. The summed E-state index contributed by atoms with van der Waals surface area (Å²) in [5.74, 6) is -0.658. The van der Waals surface area contributed by atoms with Crippen molar-refractivity contribution < 1.29 is 26.8 Å². The lowest BCUT2D eigenvalue weighted by Crippen LogP contribution is -2.27. The number of benzene rings is 1. The van der Waals surface area contributed by atoms with E-state index >= 15 is 0 Å². The summed E-state index contributed by atoms with van der Waals surface area (Å²) in [4.78, 5) is 0.143. The minimum Gasteiger partial charge on any atom is -0.344 e. The zero-order chi connectivity index (χ0) is 16.0. The predicted molar refractivity (Wildman–Crippen MR) is 77.6 cm³/mol. The molecule has 0 aliphatic carbocycles. The molecule has 0 N–H and O–H groups in total. The van der Waals surface area contributed by atoms with E-state index in [1.54, 1.807) is 12.1 Å². The molecule has 7 heteroatoms. The number of aryl methyl sites for hydroxylation is 1. The summed E-state index contributed by atoms with van der Waals surface area (Å²) >= 11 is 0. The first-order valence-corrected chi connectivity index (χ1v) is 8.63. The predicted octanol–water partition coefficient (Wildman–Crippen LogP) is 1.97. The molecule has 0 unspecified atom stereocenters. The largest absolute Gasteiger partial charge is 0.344 e. The number of hydrogen-bond acceptors (Lipinski definition) is 6. The van der Waals surface area contributed by atoms with E-state index in [4.69, 9.17) is 18.4 Å². The van der Waals surface area contributed by atoms with E-state index in [9.17, 15) is 8.42 Å². The van der Waals surface area contributed by atoms with Gasteiger partial charge in [-0.1, -0.05) is 17.7 Å². The van der Waals surface area contributed by atoms with Gasteiger partial charge in [0.05, 0.1) is 17.6 Å². The Morgan fingerprint density at radius 2 is 1.91 bits per heavy atom. The molecule has 2 fully saturated rings. The molecule has 0 aromatic heterocycles. The number of rotatable bonds is 4. The highest BCUT2D eigenvalue weighted by atomic mass is 32.2. The number of hydrogen-bond donors (Lipinski definition) is 0. The van der Waals surface area contributed by atoms with Gasteiger partial charge in [-0.2, -0.15) is 8.42 Å². The fraction of sp³-hybridized carbons (Fsp3) is 0.600. The Morgan fingerprint density at radius 3 is 2.55 bits per heavy atom. The van der Waals surface area contributed by atoms with Crippen molar-refractivity contribution in [3.05, 3.63) is 29.8 Å². The van der Waals surface area contributed by atoms with E-state index in [1.807, 2.05) is 20.8 Å². The maximum Gasteiger partial charge on any atom is 0.297 e. The van der Waals surface area contributed by atoms with Crippen LogP contribution in [0.15, 0.2) is 29.2 Å². The average molecular weight is 328 g/mol. The second-order valence-electron chi connectivity index (χ2n) is 6.09. The highest BCUT2D eigenvalue weighted by molar-refractivity contribution is 7.86. The molecule has 2 aliphatic heterocycles. The fourth-order valence-electron chi connectivity index (χ4n) is 2.63. The van der Waals surface area contributed by atoms with Crippen LogP contribution in [0.1, 0.15) is 25.8 Å². The molecule has 0 spiro atoms. The van der Waals surface area contributed by atoms with E-state index in [2.05, 4.69) is 0 Å². The van der Waals surface area contributed by atoms with Crippen molar-refractivity contribution in [1.82, 2.24) is 0 Å². The molecular formula is C15H20O6S. The summed E-state index contributed by atoms with van der Waals surface area (Å²) in [6, 6.07) is 6.53. The molecular weight excluding hydrogens is 308 g/mol. The lowest BCUT2D eigenvalue weighted by atomic mass is 10.2. The third-order valence-electron chi connectivity index (χ3n) is 3.68. The zero-order valence-electron chi connectivity index (χ0n) is 12.8. The molecule has 3 atom stereocenters. The molecule has 3 rings (SSSR count). The molecule has 2 saturated heterocycles. The van der Waals surface area contributed by atoms with Crippen LogP contribution in [0.5, 0.6) is 0 Å². The highest BCUT2D eigenvalue weighted by Crippen LogP contribution is 2.37. The van der Waals surface area contributed by atoms with Crippen molar-refractivity contribution in [3.63, 3.8) is 0 Å². The maximum absolute atomic E-state index is 12.1. The van der Waals surface area contributed by atoms with Crippen molar-refractivity contribution in [2.75, 3.05) is 6.61 Å². The van der Waals surface area contributed by atoms with E-state index in [0.717, 1.165) is 5.56 Å². The fourth-order valence-corrected chi connectivity index (χ4v) is 3.56. The van der Waals surface area contributed by atoms with Gasteiger partial charge in [0.25, 0.3) is 10.1 Å². The van der Waals surface area contributed by atoms with Crippen LogP contribution in [0.2, 0.25) is 0 Å². The highest BCUT2D eigenvalue weighted by Gasteiger charge is 2.48. The summed E-state index contributed by atoms with van der Waals surface area (Å²) in [5, 5.41) is 0. The Bertz CT molecular complexity index is 621. The number of ether oxygens (including phenoxy) is 3. The van der Waals surface area contributed by atoms with Gasteiger partial charge in [0.2, 0.25) is 0 Å². The summed E-state index contributed by atoms with van der Waals surface area (Å²) in [6.07, 6.45) is -0.431. The van der Waals surface area contributed by atoms with Crippen LogP contribution in [-0.2, 0) is 28.5 Å². The van der Waals surface area contributed by atoms with E-state index in [0.29, 0.717) is 6.42 Å². The van der Waals surface area contributed by atoms with Gasteiger partial charge < -0.3 is 14.2 Å². The van der Waals surface area contributed by atoms with Gasteiger partial charge in [0.15, 0.2) is 12.1 Å². The van der Waals surface area contributed by atoms with Gasteiger partial charge >= 0.3 is 0 Å². The zero-order valence-corrected chi connectivity index (χ0v) is 13.6. The van der Waals surface area contributed by atoms with Gasteiger partial charge in [0, 0.05) is 6.42 Å². The van der Waals surface area contributed by atoms with Crippen LogP contribution in [0.3, 0.4) is 0 Å². The molecule has 1 aromatic carbocycles. The Morgan fingerprint density at radius 1 is 1.23 bits per heavy atom. The average Bonchev–Trinajstić information content (AvgIpc) is 2.90. The van der Waals surface area contributed by atoms with Crippen LogP contribution < -0.4 is 0 Å². The third kappa shape index (κ3) is 3.33. The molecule has 0 saturated carbocycles. The summed E-state index contributed by atoms with van der Waals surface area (Å²) in [7, 11) is -3.77. The minimum atomic E-state index is -3.77. The van der Waals surface area contributed by atoms with E-state index in [1.165, 1.54) is 12.1 Å². The van der Waals surface area contributed by atoms with E-state index < -0.39 is 22.2 Å². The summed E-state index contributed by atoms with van der Waals surface area (Å²) < 4.78 is 46.2. The Labute approximate surface area is 130 Å². The standard InChI is InChI=1S/C15H20O6S/c1-10-4-6-12(7-5-10)22(16,17)18-9-11-8-13-14(19-11)21-15(2,3)20-13/h4-7,11,13-14H,8-9H2,1-3H3/t11-,13-,14-/m0/s1. The van der Waals surface area contributed by atoms with Crippen molar-refractivity contribution in [2.45, 2.75) is 56.4 Å². The molecule has 1 aromatic rings. The second-order valence-corrected chi connectivity index (χ2v) is 7.70. The van der Waals surface area contributed by atoms with Crippen LogP contribution in [0.25, 0.3) is 0 Å². The second kappa shape index (κ2) is 5.58. The Hall–Kier alpha value is -0.990. The van der Waals surface area contributed by atoms with Crippen LogP contribution in [-0.4, -0.2) is 39.3 Å². The molecule has 2 aliphatic rings. The SMILES string of the molecule is Cc1ccc(S(=O)(=O)OC[C@@H]2C[C@@H]3OC(C)(C)O[C@@H]3O2)cc1. The van der Waals surface area contributed by atoms with Crippen molar-refractivity contribution in [2.24, 2.45) is 0 Å². The van der Waals surface area contributed by atoms with Crippen LogP contribution >= 0.6 is 0 Å². The Kier molecular flexibility index (Phi) is 4.03. The van der Waals surface area contributed by atoms with Crippen LogP contribution in [0.4, 0.5) is 0 Å². The van der Waals surface area contributed by atoms with Crippen LogP contribution in [0, 0.1) is 6.92 Å². The summed E-state index contributed by atoms with van der Waals surface area (Å²) in [6.45, 7) is 5.49.